The molecule has 0 atom stereocenters. The number of hydrogen-bond donors (Lipinski definition) is 0. The van der Waals surface area contributed by atoms with E-state index in [2.05, 4.69) is 46.1 Å². The SMILES string of the molecule is C=C(C(=O)COCC(COC(=O)C(=C)C(=O)OCC)(COC(=O)C(=C)C(=O)OCC)COC(=O)C(=C)C(=O)OCC(COCC(=O)C(=C)C(=O)OCC)(COC(=O)C(=C)C(=O)OCC)COC(=O)C(=C)C(=O)OCC)C(=O)OCC. The van der Waals surface area contributed by atoms with Crippen LogP contribution in [0.25, 0.3) is 0 Å². The van der Waals surface area contributed by atoms with Crippen molar-refractivity contribution in [2.45, 2.75) is 41.5 Å². The van der Waals surface area contributed by atoms with Gasteiger partial charge in [0.1, 0.15) is 80.7 Å². The van der Waals surface area contributed by atoms with Crippen LogP contribution < -0.4 is 0 Å². The van der Waals surface area contributed by atoms with E-state index in [1.165, 1.54) is 41.5 Å². The van der Waals surface area contributed by atoms with Crippen molar-refractivity contribution in [3.05, 3.63) is 85.1 Å². The standard InChI is InChI=1S/C52H64O28/c1-14-69-39(55)30(7)37(53)20-67-22-51(24-75-45(61)32(9)41(57)71-16-3,25-76-46(62)33(10)42(58)72-17-4)28-79-49(65)36(13)50(66)80-29-52(26-77-47(63)34(11)43(59)73-18-5,27-78-48(64)35(12)44(60)74-19-6)23-68-21-38(54)31(8)40(56)70-15-2/h7-29H2,1-6H3. The Kier molecular flexibility index (Phi) is 32.2. The van der Waals surface area contributed by atoms with Gasteiger partial charge in [-0.15, -0.1) is 0 Å². The molecule has 440 valence electrons. The third-order valence-electron chi connectivity index (χ3n) is 9.62. The Balaban J connectivity index is 7.42. The highest BCUT2D eigenvalue weighted by molar-refractivity contribution is 6.18. The molecule has 0 spiro atoms. The van der Waals surface area contributed by atoms with E-state index in [0.29, 0.717) is 0 Å². The fraction of sp³-hybridized carbons (Fsp3) is 0.462. The van der Waals surface area contributed by atoms with Crippen LogP contribution in [-0.2, 0) is 133 Å². The molecule has 0 aromatic heterocycles. The minimum absolute atomic E-state index is 0.146. The Hall–Kier alpha value is -8.92. The lowest BCUT2D eigenvalue weighted by molar-refractivity contribution is -0.166. The minimum Gasteiger partial charge on any atom is -0.462 e. The smallest absolute Gasteiger partial charge is 0.344 e. The molecule has 0 fully saturated rings. The molecule has 0 aromatic rings. The highest BCUT2D eigenvalue weighted by Crippen LogP contribution is 2.26. The molecule has 0 heterocycles. The van der Waals surface area contributed by atoms with Gasteiger partial charge in [0, 0.05) is 0 Å². The van der Waals surface area contributed by atoms with Crippen molar-refractivity contribution in [1.29, 1.82) is 0 Å². The summed E-state index contributed by atoms with van der Waals surface area (Å²) in [5.41, 5.74) is -10.5. The molecule has 0 bridgehead atoms. The Labute approximate surface area is 458 Å². The average molecular weight is 1140 g/mol. The van der Waals surface area contributed by atoms with Crippen LogP contribution in [0.15, 0.2) is 85.1 Å². The third-order valence-corrected chi connectivity index (χ3v) is 9.62. The molecule has 0 radical (unpaired) electrons. The quantitative estimate of drug-likeness (QED) is 0.0267. The molecule has 0 aromatic carbocycles. The first kappa shape index (κ1) is 71.1. The molecule has 0 saturated carbocycles. The van der Waals surface area contributed by atoms with E-state index < -0.39 is 199 Å². The summed E-state index contributed by atoms with van der Waals surface area (Å²) in [5, 5.41) is 0. The van der Waals surface area contributed by atoms with Gasteiger partial charge in [-0.1, -0.05) is 46.1 Å². The highest BCUT2D eigenvalue weighted by atomic mass is 16.6. The van der Waals surface area contributed by atoms with E-state index in [-0.39, 0.29) is 39.6 Å². The summed E-state index contributed by atoms with van der Waals surface area (Å²) in [6.45, 7) is 20.2. The van der Waals surface area contributed by atoms with Crippen LogP contribution in [0.3, 0.4) is 0 Å². The zero-order valence-corrected chi connectivity index (χ0v) is 45.2. The van der Waals surface area contributed by atoms with Crippen LogP contribution in [-0.4, -0.2) is 189 Å². The summed E-state index contributed by atoms with van der Waals surface area (Å²) in [6, 6.07) is 0. The van der Waals surface area contributed by atoms with Gasteiger partial charge in [0.15, 0.2) is 11.6 Å². The topological polar surface area (TPSA) is 368 Å². The van der Waals surface area contributed by atoms with Gasteiger partial charge in [0.05, 0.1) is 74.8 Å². The van der Waals surface area contributed by atoms with Gasteiger partial charge >= 0.3 is 71.6 Å². The summed E-state index contributed by atoms with van der Waals surface area (Å²) in [6.07, 6.45) is 0. The second kappa shape index (κ2) is 36.2. The van der Waals surface area contributed by atoms with Crippen molar-refractivity contribution in [3.8, 4) is 0 Å². The van der Waals surface area contributed by atoms with Crippen LogP contribution >= 0.6 is 0 Å². The monoisotopic (exact) mass is 1140 g/mol. The van der Waals surface area contributed by atoms with Crippen LogP contribution in [0.1, 0.15) is 41.5 Å². The summed E-state index contributed by atoms with van der Waals surface area (Å²) < 4.78 is 71.2. The maximum absolute atomic E-state index is 13.7. The van der Waals surface area contributed by atoms with Gasteiger partial charge in [0.2, 0.25) is 0 Å². The third kappa shape index (κ3) is 24.2. The van der Waals surface area contributed by atoms with Crippen molar-refractivity contribution in [2.24, 2.45) is 10.8 Å². The van der Waals surface area contributed by atoms with E-state index in [4.69, 9.17) is 66.3 Å². The van der Waals surface area contributed by atoms with Gasteiger partial charge < -0.3 is 66.3 Å². The number of hydrogen-bond acceptors (Lipinski definition) is 28. The summed E-state index contributed by atoms with van der Waals surface area (Å²) in [5.74, 6) is -18.4. The lowest BCUT2D eigenvalue weighted by Gasteiger charge is -2.32. The van der Waals surface area contributed by atoms with Crippen molar-refractivity contribution in [3.63, 3.8) is 0 Å². The molecular weight excluding hydrogens is 1070 g/mol. The zero-order valence-electron chi connectivity index (χ0n) is 45.2. The number of ketones is 2. The maximum atomic E-state index is 13.7. The number of esters is 12. The van der Waals surface area contributed by atoms with Crippen molar-refractivity contribution in [1.82, 2.24) is 0 Å². The Morgan fingerprint density at radius 2 is 0.388 bits per heavy atom. The van der Waals surface area contributed by atoms with Crippen molar-refractivity contribution >= 4 is 83.2 Å². The maximum Gasteiger partial charge on any atom is 0.344 e. The molecule has 0 N–H and O–H groups in total. The largest absolute Gasteiger partial charge is 0.462 e. The number of Topliss-reactive ketones (excluding diaryl/α,β-unsaturated/α-hetero) is 2. The first-order chi connectivity index (χ1) is 37.6. The lowest BCUT2D eigenvalue weighted by atomic mass is 9.91. The number of carbonyl (C=O) groups excluding carboxylic acids is 14. The minimum atomic E-state index is -2.22. The normalized spacial score (nSPS) is 10.6. The summed E-state index contributed by atoms with van der Waals surface area (Å²) in [4.78, 5) is 179. The molecule has 0 rings (SSSR count). The second-order valence-corrected chi connectivity index (χ2v) is 16.0. The molecule has 28 heteroatoms. The van der Waals surface area contributed by atoms with E-state index in [9.17, 15) is 67.1 Å². The van der Waals surface area contributed by atoms with Crippen LogP contribution in [0.4, 0.5) is 0 Å². The van der Waals surface area contributed by atoms with Crippen LogP contribution in [0, 0.1) is 10.8 Å². The van der Waals surface area contributed by atoms with Crippen LogP contribution in [0.2, 0.25) is 0 Å². The number of rotatable bonds is 40. The highest BCUT2D eigenvalue weighted by Gasteiger charge is 2.41. The summed E-state index contributed by atoms with van der Waals surface area (Å²) >= 11 is 0. The van der Waals surface area contributed by atoms with Crippen molar-refractivity contribution in [2.75, 3.05) is 106 Å². The van der Waals surface area contributed by atoms with E-state index in [1.54, 1.807) is 0 Å². The number of ether oxygens (including phenoxy) is 14. The van der Waals surface area contributed by atoms with Crippen molar-refractivity contribution < 1.29 is 133 Å². The lowest BCUT2D eigenvalue weighted by Crippen LogP contribution is -2.45. The molecular formula is C52H64O28. The predicted molar refractivity (Wildman–Crippen MR) is 266 cm³/mol. The molecule has 0 saturated heterocycles. The van der Waals surface area contributed by atoms with Gasteiger partial charge in [-0.05, 0) is 41.5 Å². The number of carbonyl (C=O) groups is 14. The Morgan fingerprint density at radius 3 is 0.550 bits per heavy atom. The fourth-order valence-corrected chi connectivity index (χ4v) is 5.18. The zero-order chi connectivity index (χ0) is 61.3. The van der Waals surface area contributed by atoms with E-state index in [1.807, 2.05) is 0 Å². The average Bonchev–Trinajstić information content (AvgIpc) is 3.43. The molecule has 0 aliphatic rings. The molecule has 0 unspecified atom stereocenters. The second-order valence-electron chi connectivity index (χ2n) is 16.0. The molecule has 0 aliphatic carbocycles. The van der Waals surface area contributed by atoms with Crippen LogP contribution in [0.5, 0.6) is 0 Å². The molecule has 80 heavy (non-hydrogen) atoms. The molecule has 28 nitrogen and oxygen atoms in total. The molecule has 0 amide bonds. The van der Waals surface area contributed by atoms with E-state index >= 15 is 0 Å². The Bertz CT molecular complexity index is 2210. The van der Waals surface area contributed by atoms with Gasteiger partial charge in [-0.3, -0.25) is 9.59 Å². The van der Waals surface area contributed by atoms with Gasteiger partial charge in [-0.25, -0.2) is 57.5 Å². The summed E-state index contributed by atoms with van der Waals surface area (Å²) in [7, 11) is 0. The fourth-order valence-electron chi connectivity index (χ4n) is 5.18. The Morgan fingerprint density at radius 1 is 0.237 bits per heavy atom. The van der Waals surface area contributed by atoms with E-state index in [0.717, 1.165) is 0 Å². The van der Waals surface area contributed by atoms with Gasteiger partial charge in [0.25, 0.3) is 0 Å². The first-order valence-corrected chi connectivity index (χ1v) is 23.7. The van der Waals surface area contributed by atoms with Gasteiger partial charge in [-0.2, -0.15) is 0 Å². The predicted octanol–water partition coefficient (Wildman–Crippen LogP) is 0.662. The molecule has 0 aliphatic heterocycles. The first-order valence-electron chi connectivity index (χ1n) is 23.7.